The van der Waals surface area contributed by atoms with E-state index in [-0.39, 0.29) is 18.1 Å². The van der Waals surface area contributed by atoms with Gasteiger partial charge < -0.3 is 10.6 Å². The molecule has 1 aromatic heterocycles. The molecule has 0 radical (unpaired) electrons. The van der Waals surface area contributed by atoms with Crippen LogP contribution in [0.25, 0.3) is 5.69 Å². The number of nitrogens with one attached hydrogen (secondary N) is 2. The van der Waals surface area contributed by atoms with Crippen LogP contribution in [-0.4, -0.2) is 37.6 Å². The molecule has 138 valence electrons. The summed E-state index contributed by atoms with van der Waals surface area (Å²) in [6, 6.07) is 11.6. The van der Waals surface area contributed by atoms with E-state index in [4.69, 9.17) is 0 Å². The van der Waals surface area contributed by atoms with Crippen molar-refractivity contribution >= 4 is 23.0 Å². The lowest BCUT2D eigenvalue weighted by atomic mass is 10.2. The van der Waals surface area contributed by atoms with E-state index in [2.05, 4.69) is 26.2 Å². The number of aryl methyl sites for hydroxylation is 2. The first-order valence-electron chi connectivity index (χ1n) is 8.08. The summed E-state index contributed by atoms with van der Waals surface area (Å²) in [5.74, 6) is 0.327. The molecule has 3 rings (SSSR count). The maximum absolute atomic E-state index is 12.2. The van der Waals surface area contributed by atoms with Crippen molar-refractivity contribution in [2.75, 3.05) is 17.2 Å². The van der Waals surface area contributed by atoms with Crippen LogP contribution in [0, 0.1) is 24.0 Å². The summed E-state index contributed by atoms with van der Waals surface area (Å²) in [6.45, 7) is 3.56. The van der Waals surface area contributed by atoms with Crippen LogP contribution in [0.2, 0.25) is 0 Å². The molecule has 10 nitrogen and oxygen atoms in total. The fourth-order valence-corrected chi connectivity index (χ4v) is 2.45. The number of nitrogens with zero attached hydrogens (tertiary/aromatic N) is 5. The van der Waals surface area contributed by atoms with Crippen LogP contribution >= 0.6 is 0 Å². The Morgan fingerprint density at radius 3 is 2.74 bits per heavy atom. The predicted molar refractivity (Wildman–Crippen MR) is 98.8 cm³/mol. The first kappa shape index (κ1) is 18.0. The molecule has 0 unspecified atom stereocenters. The maximum Gasteiger partial charge on any atom is 0.271 e. The number of non-ortho nitro benzene ring substituents is 1. The highest BCUT2D eigenvalue weighted by Crippen LogP contribution is 2.22. The third kappa shape index (κ3) is 4.24. The minimum absolute atomic E-state index is 0.000173. The van der Waals surface area contributed by atoms with Gasteiger partial charge in [-0.2, -0.15) is 4.68 Å². The Morgan fingerprint density at radius 2 is 2.04 bits per heavy atom. The summed E-state index contributed by atoms with van der Waals surface area (Å²) in [6.07, 6.45) is 0. The van der Waals surface area contributed by atoms with Gasteiger partial charge in [-0.05, 0) is 48.0 Å². The lowest BCUT2D eigenvalue weighted by Gasteiger charge is -2.11. The van der Waals surface area contributed by atoms with Crippen molar-refractivity contribution in [1.29, 1.82) is 0 Å². The molecule has 27 heavy (non-hydrogen) atoms. The first-order chi connectivity index (χ1) is 12.9. The molecule has 0 spiro atoms. The fourth-order valence-electron chi connectivity index (χ4n) is 2.45. The third-order valence-corrected chi connectivity index (χ3v) is 3.88. The Bertz CT molecular complexity index is 1000. The summed E-state index contributed by atoms with van der Waals surface area (Å²) in [4.78, 5) is 22.6. The van der Waals surface area contributed by atoms with Crippen LogP contribution < -0.4 is 10.6 Å². The average Bonchev–Trinajstić information content (AvgIpc) is 3.08. The van der Waals surface area contributed by atoms with Gasteiger partial charge in [0.2, 0.25) is 5.91 Å². The number of hydrogen-bond acceptors (Lipinski definition) is 7. The highest BCUT2D eigenvalue weighted by Gasteiger charge is 2.11. The van der Waals surface area contributed by atoms with Crippen molar-refractivity contribution in [1.82, 2.24) is 20.2 Å². The molecule has 0 fully saturated rings. The van der Waals surface area contributed by atoms with Crippen LogP contribution in [0.15, 0.2) is 42.5 Å². The molecular weight excluding hydrogens is 350 g/mol. The molecule has 1 amide bonds. The number of carbonyl (C=O) groups is 1. The van der Waals surface area contributed by atoms with E-state index in [1.807, 2.05) is 24.3 Å². The molecule has 0 aliphatic carbocycles. The Labute approximate surface area is 154 Å². The Kier molecular flexibility index (Phi) is 5.06. The molecule has 2 N–H and O–H groups in total. The highest BCUT2D eigenvalue weighted by atomic mass is 16.6. The number of hydrogen-bond donors (Lipinski definition) is 2. The number of aromatic nitrogens is 4. The molecule has 0 atom stereocenters. The van der Waals surface area contributed by atoms with E-state index >= 15 is 0 Å². The van der Waals surface area contributed by atoms with E-state index in [9.17, 15) is 14.9 Å². The molecule has 1 heterocycles. The number of rotatable bonds is 6. The molecular formula is C17H17N7O3. The Morgan fingerprint density at radius 1 is 1.22 bits per heavy atom. The summed E-state index contributed by atoms with van der Waals surface area (Å²) in [5.41, 5.74) is 2.55. The molecule has 0 saturated heterocycles. The molecule has 3 aromatic rings. The van der Waals surface area contributed by atoms with Gasteiger partial charge in [-0.15, -0.1) is 5.10 Å². The van der Waals surface area contributed by atoms with E-state index in [0.29, 0.717) is 17.2 Å². The quantitative estimate of drug-likeness (QED) is 0.505. The summed E-state index contributed by atoms with van der Waals surface area (Å²) in [7, 11) is 0. The van der Waals surface area contributed by atoms with Gasteiger partial charge in [0.1, 0.15) is 0 Å². The molecule has 2 aromatic carbocycles. The van der Waals surface area contributed by atoms with Crippen LogP contribution in [0.5, 0.6) is 0 Å². The van der Waals surface area contributed by atoms with Gasteiger partial charge in [-0.25, -0.2) is 0 Å². The number of amides is 1. The second-order valence-corrected chi connectivity index (χ2v) is 5.85. The number of tetrazole rings is 1. The van der Waals surface area contributed by atoms with Crippen molar-refractivity contribution in [2.45, 2.75) is 13.8 Å². The van der Waals surface area contributed by atoms with E-state index in [1.165, 1.54) is 12.1 Å². The normalized spacial score (nSPS) is 10.4. The number of carbonyl (C=O) groups excluding carboxylic acids is 1. The lowest BCUT2D eigenvalue weighted by molar-refractivity contribution is -0.384. The zero-order valence-corrected chi connectivity index (χ0v) is 14.7. The molecule has 0 aliphatic heterocycles. The fraction of sp³-hybridized carbons (Fsp3) is 0.176. The van der Waals surface area contributed by atoms with Crippen LogP contribution in [0.3, 0.4) is 0 Å². The van der Waals surface area contributed by atoms with E-state index in [1.54, 1.807) is 24.6 Å². The van der Waals surface area contributed by atoms with Gasteiger partial charge in [0, 0.05) is 17.8 Å². The smallest absolute Gasteiger partial charge is 0.271 e. The second kappa shape index (κ2) is 7.60. The average molecular weight is 367 g/mol. The number of nitro groups is 1. The molecule has 0 saturated carbocycles. The van der Waals surface area contributed by atoms with Crippen molar-refractivity contribution in [2.24, 2.45) is 0 Å². The first-order valence-corrected chi connectivity index (χ1v) is 8.08. The summed E-state index contributed by atoms with van der Waals surface area (Å²) < 4.78 is 1.58. The minimum atomic E-state index is -0.500. The number of nitro benzene ring substituents is 1. The zero-order valence-electron chi connectivity index (χ0n) is 14.7. The van der Waals surface area contributed by atoms with Gasteiger partial charge in [-0.3, -0.25) is 14.9 Å². The van der Waals surface area contributed by atoms with Crippen LogP contribution in [-0.2, 0) is 4.79 Å². The largest absolute Gasteiger partial charge is 0.376 e. The molecule has 10 heteroatoms. The topological polar surface area (TPSA) is 128 Å². The van der Waals surface area contributed by atoms with Crippen LogP contribution in [0.4, 0.5) is 17.1 Å². The Balaban J connectivity index is 1.66. The zero-order chi connectivity index (χ0) is 19.4. The monoisotopic (exact) mass is 367 g/mol. The minimum Gasteiger partial charge on any atom is -0.376 e. The van der Waals surface area contributed by atoms with Gasteiger partial charge in [0.25, 0.3) is 5.69 Å². The van der Waals surface area contributed by atoms with Crippen LogP contribution in [0.1, 0.15) is 11.4 Å². The number of benzene rings is 2. The maximum atomic E-state index is 12.2. The summed E-state index contributed by atoms with van der Waals surface area (Å²) in [5, 5.41) is 27.9. The van der Waals surface area contributed by atoms with Crippen molar-refractivity contribution in [3.63, 3.8) is 0 Å². The van der Waals surface area contributed by atoms with Crippen molar-refractivity contribution in [3.8, 4) is 5.69 Å². The standard InChI is InChI=1S/C17H17N7O3/c1-11-6-7-15(24(26)27)9-16(11)19-17(25)10-18-13-4-3-5-14(8-13)23-12(2)20-21-22-23/h3-9,18H,10H2,1-2H3,(H,19,25). The Hall–Kier alpha value is -3.82. The van der Waals surface area contributed by atoms with Gasteiger partial charge in [0.15, 0.2) is 5.82 Å². The molecule has 0 bridgehead atoms. The van der Waals surface area contributed by atoms with E-state index < -0.39 is 4.92 Å². The third-order valence-electron chi connectivity index (χ3n) is 3.88. The second-order valence-electron chi connectivity index (χ2n) is 5.85. The predicted octanol–water partition coefficient (Wildman–Crippen LogP) is 2.24. The summed E-state index contributed by atoms with van der Waals surface area (Å²) >= 11 is 0. The van der Waals surface area contributed by atoms with Crippen molar-refractivity contribution < 1.29 is 9.72 Å². The molecule has 0 aliphatic rings. The van der Waals surface area contributed by atoms with E-state index in [0.717, 1.165) is 11.3 Å². The SMILES string of the molecule is Cc1ccc([N+](=O)[O-])cc1NC(=O)CNc1cccc(-n2nnnc2C)c1. The van der Waals surface area contributed by atoms with Gasteiger partial charge in [0.05, 0.1) is 22.8 Å². The highest BCUT2D eigenvalue weighted by molar-refractivity contribution is 5.94. The van der Waals surface area contributed by atoms with Crippen molar-refractivity contribution in [3.05, 3.63) is 64.0 Å². The van der Waals surface area contributed by atoms with Gasteiger partial charge >= 0.3 is 0 Å². The van der Waals surface area contributed by atoms with Gasteiger partial charge in [-0.1, -0.05) is 12.1 Å². The lowest BCUT2D eigenvalue weighted by Crippen LogP contribution is -2.22. The number of anilines is 2.